The van der Waals surface area contributed by atoms with E-state index in [1.807, 2.05) is 48.2 Å². The van der Waals surface area contributed by atoms with Gasteiger partial charge in [0, 0.05) is 31.4 Å². The third-order valence-electron chi connectivity index (χ3n) is 6.05. The Labute approximate surface area is 187 Å². The lowest BCUT2D eigenvalue weighted by Gasteiger charge is -2.25. The lowest BCUT2D eigenvalue weighted by atomic mass is 10.0. The van der Waals surface area contributed by atoms with Crippen LogP contribution in [0.1, 0.15) is 48.7 Å². The van der Waals surface area contributed by atoms with Crippen molar-refractivity contribution in [1.29, 1.82) is 0 Å². The Kier molecular flexibility index (Phi) is 5.79. The number of ether oxygens (including phenoxy) is 2. The molecule has 0 bridgehead atoms. The minimum absolute atomic E-state index is 0.0606. The van der Waals surface area contributed by atoms with Crippen LogP contribution in [0.4, 0.5) is 0 Å². The molecule has 0 aliphatic carbocycles. The van der Waals surface area contributed by atoms with Gasteiger partial charge in [0.2, 0.25) is 17.7 Å². The molecule has 1 atom stereocenters. The van der Waals surface area contributed by atoms with Gasteiger partial charge in [0.05, 0.1) is 19.3 Å². The molecule has 32 heavy (non-hydrogen) atoms. The number of fused-ring (bicyclic) bond motifs is 1. The highest BCUT2D eigenvalue weighted by Crippen LogP contribution is 2.38. The SMILES string of the molecule is Cc1ccc(-c2nnc(CCC(=O)N3CCC[C@@H]3c3ccc4c(c3)OCCCO4)o2)cc1. The van der Waals surface area contributed by atoms with Crippen LogP contribution in [0.2, 0.25) is 0 Å². The van der Waals surface area contributed by atoms with Crippen LogP contribution in [0.15, 0.2) is 46.9 Å². The molecule has 166 valence electrons. The maximum Gasteiger partial charge on any atom is 0.247 e. The number of aryl methyl sites for hydroxylation is 2. The van der Waals surface area contributed by atoms with Crippen LogP contribution < -0.4 is 9.47 Å². The van der Waals surface area contributed by atoms with E-state index in [2.05, 4.69) is 16.3 Å². The fraction of sp³-hybridized carbons (Fsp3) is 0.400. The van der Waals surface area contributed by atoms with Gasteiger partial charge in [-0.2, -0.15) is 0 Å². The molecule has 2 aromatic carbocycles. The number of benzene rings is 2. The van der Waals surface area contributed by atoms with E-state index in [-0.39, 0.29) is 11.9 Å². The van der Waals surface area contributed by atoms with Crippen LogP contribution in [0.25, 0.3) is 11.5 Å². The van der Waals surface area contributed by atoms with Gasteiger partial charge < -0.3 is 18.8 Å². The van der Waals surface area contributed by atoms with Crippen LogP contribution >= 0.6 is 0 Å². The normalized spacial score (nSPS) is 17.9. The lowest BCUT2D eigenvalue weighted by Crippen LogP contribution is -2.30. The van der Waals surface area contributed by atoms with Crippen LogP contribution in [0, 0.1) is 6.92 Å². The summed E-state index contributed by atoms with van der Waals surface area (Å²) in [6.07, 6.45) is 3.59. The van der Waals surface area contributed by atoms with E-state index in [1.165, 1.54) is 5.56 Å². The Hall–Kier alpha value is -3.35. The molecule has 5 rings (SSSR count). The zero-order valence-corrected chi connectivity index (χ0v) is 18.3. The summed E-state index contributed by atoms with van der Waals surface area (Å²) in [5, 5.41) is 8.27. The van der Waals surface area contributed by atoms with Crippen LogP contribution in [-0.2, 0) is 11.2 Å². The molecule has 0 N–H and O–H groups in total. The van der Waals surface area contributed by atoms with E-state index in [4.69, 9.17) is 13.9 Å². The number of amides is 1. The second-order valence-electron chi connectivity index (χ2n) is 8.37. The highest BCUT2D eigenvalue weighted by molar-refractivity contribution is 5.77. The molecule has 1 saturated heterocycles. The molecule has 0 saturated carbocycles. The van der Waals surface area contributed by atoms with Crippen LogP contribution in [-0.4, -0.2) is 40.8 Å². The van der Waals surface area contributed by atoms with Crippen LogP contribution in [0.3, 0.4) is 0 Å². The van der Waals surface area contributed by atoms with Crippen LogP contribution in [0.5, 0.6) is 11.5 Å². The number of aromatic nitrogens is 2. The van der Waals surface area contributed by atoms with E-state index in [0.29, 0.717) is 37.8 Å². The van der Waals surface area contributed by atoms with Gasteiger partial charge in [-0.1, -0.05) is 23.8 Å². The highest BCUT2D eigenvalue weighted by Gasteiger charge is 2.30. The smallest absolute Gasteiger partial charge is 0.247 e. The van der Waals surface area contributed by atoms with E-state index in [9.17, 15) is 4.79 Å². The maximum absolute atomic E-state index is 13.0. The molecule has 2 aliphatic rings. The Morgan fingerprint density at radius 3 is 2.69 bits per heavy atom. The fourth-order valence-electron chi connectivity index (χ4n) is 4.32. The summed E-state index contributed by atoms with van der Waals surface area (Å²) in [7, 11) is 0. The molecule has 2 aliphatic heterocycles. The predicted molar refractivity (Wildman–Crippen MR) is 119 cm³/mol. The first kappa shape index (κ1) is 20.5. The minimum Gasteiger partial charge on any atom is -0.490 e. The molecule has 7 heteroatoms. The van der Waals surface area contributed by atoms with Crippen molar-refractivity contribution in [3.8, 4) is 23.0 Å². The molecule has 1 fully saturated rings. The molecule has 0 unspecified atom stereocenters. The van der Waals surface area contributed by atoms with E-state index >= 15 is 0 Å². The Morgan fingerprint density at radius 2 is 1.84 bits per heavy atom. The summed E-state index contributed by atoms with van der Waals surface area (Å²) in [6.45, 7) is 4.11. The third-order valence-corrected chi connectivity index (χ3v) is 6.05. The monoisotopic (exact) mass is 433 g/mol. The third kappa shape index (κ3) is 4.33. The second kappa shape index (κ2) is 9.02. The van der Waals surface area contributed by atoms with Crippen molar-refractivity contribution in [3.63, 3.8) is 0 Å². The zero-order chi connectivity index (χ0) is 21.9. The van der Waals surface area contributed by atoms with E-state index in [0.717, 1.165) is 48.4 Å². The minimum atomic E-state index is 0.0606. The van der Waals surface area contributed by atoms with Gasteiger partial charge in [-0.15, -0.1) is 10.2 Å². The summed E-state index contributed by atoms with van der Waals surface area (Å²) >= 11 is 0. The average Bonchev–Trinajstić information content (AvgIpc) is 3.43. The first-order valence-corrected chi connectivity index (χ1v) is 11.3. The Bertz CT molecular complexity index is 1090. The number of hydrogen-bond acceptors (Lipinski definition) is 6. The molecule has 0 spiro atoms. The van der Waals surface area contributed by atoms with Gasteiger partial charge in [0.25, 0.3) is 0 Å². The van der Waals surface area contributed by atoms with E-state index in [1.54, 1.807) is 0 Å². The molecular formula is C25H27N3O4. The van der Waals surface area contributed by atoms with Gasteiger partial charge >= 0.3 is 0 Å². The van der Waals surface area contributed by atoms with E-state index < -0.39 is 0 Å². The number of likely N-dealkylation sites (tertiary alicyclic amines) is 1. The summed E-state index contributed by atoms with van der Waals surface area (Å²) in [5.74, 6) is 2.63. The van der Waals surface area contributed by atoms with Crippen molar-refractivity contribution < 1.29 is 18.7 Å². The Balaban J connectivity index is 1.24. The summed E-state index contributed by atoms with van der Waals surface area (Å²) < 4.78 is 17.4. The quantitative estimate of drug-likeness (QED) is 0.589. The number of carbonyl (C=O) groups is 1. The molecule has 3 aromatic rings. The van der Waals surface area contributed by atoms with Crippen molar-refractivity contribution in [1.82, 2.24) is 15.1 Å². The number of nitrogens with zero attached hydrogens (tertiary/aromatic N) is 3. The van der Waals surface area contributed by atoms with Crippen molar-refractivity contribution in [2.75, 3.05) is 19.8 Å². The number of carbonyl (C=O) groups excluding carboxylic acids is 1. The average molecular weight is 434 g/mol. The fourth-order valence-corrected chi connectivity index (χ4v) is 4.32. The van der Waals surface area contributed by atoms with Gasteiger partial charge in [0.15, 0.2) is 11.5 Å². The maximum atomic E-state index is 13.0. The molecule has 7 nitrogen and oxygen atoms in total. The zero-order valence-electron chi connectivity index (χ0n) is 18.3. The second-order valence-corrected chi connectivity index (χ2v) is 8.37. The van der Waals surface area contributed by atoms with Gasteiger partial charge in [-0.25, -0.2) is 0 Å². The van der Waals surface area contributed by atoms with Gasteiger partial charge in [-0.3, -0.25) is 4.79 Å². The lowest BCUT2D eigenvalue weighted by molar-refractivity contribution is -0.132. The van der Waals surface area contributed by atoms with Crippen molar-refractivity contribution in [2.45, 2.75) is 45.1 Å². The Morgan fingerprint density at radius 1 is 1.03 bits per heavy atom. The largest absolute Gasteiger partial charge is 0.490 e. The summed E-state index contributed by atoms with van der Waals surface area (Å²) in [4.78, 5) is 15.0. The molecule has 1 aromatic heterocycles. The van der Waals surface area contributed by atoms with Gasteiger partial charge in [0.1, 0.15) is 0 Å². The molecule has 3 heterocycles. The topological polar surface area (TPSA) is 77.7 Å². The number of hydrogen-bond donors (Lipinski definition) is 0. The van der Waals surface area contributed by atoms with Gasteiger partial charge in [-0.05, 0) is 49.6 Å². The first-order valence-electron chi connectivity index (χ1n) is 11.3. The highest BCUT2D eigenvalue weighted by atomic mass is 16.5. The van der Waals surface area contributed by atoms with Crippen molar-refractivity contribution in [3.05, 3.63) is 59.5 Å². The summed E-state index contributed by atoms with van der Waals surface area (Å²) in [6, 6.07) is 14.0. The molecule has 0 radical (unpaired) electrons. The summed E-state index contributed by atoms with van der Waals surface area (Å²) in [5.41, 5.74) is 3.15. The van der Waals surface area contributed by atoms with Crippen molar-refractivity contribution >= 4 is 5.91 Å². The predicted octanol–water partition coefficient (Wildman–Crippen LogP) is 4.50. The van der Waals surface area contributed by atoms with Crippen molar-refractivity contribution in [2.24, 2.45) is 0 Å². The molecular weight excluding hydrogens is 406 g/mol. The molecule has 1 amide bonds. The first-order chi connectivity index (χ1) is 15.7. The number of rotatable bonds is 5. The standard InChI is InChI=1S/C25H27N3O4/c1-17-5-7-18(8-6-17)25-27-26-23(32-25)11-12-24(29)28-13-2-4-20(28)19-9-10-21-22(16-19)31-15-3-14-30-21/h5-10,16,20H,2-4,11-15H2,1H3/t20-/m1/s1.